The number of carbonyl (C=O) groups excluding carboxylic acids is 3. The van der Waals surface area contributed by atoms with Crippen LogP contribution in [0.4, 0.5) is 21.9 Å². The van der Waals surface area contributed by atoms with E-state index < -0.39 is 35.4 Å². The number of hydrogen-bond acceptors (Lipinski definition) is 5. The third-order valence-corrected chi connectivity index (χ3v) is 7.83. The van der Waals surface area contributed by atoms with Gasteiger partial charge in [-0.2, -0.15) is 0 Å². The van der Waals surface area contributed by atoms with Crippen LogP contribution in [0.1, 0.15) is 19.4 Å². The van der Waals surface area contributed by atoms with Crippen molar-refractivity contribution in [3.63, 3.8) is 0 Å². The van der Waals surface area contributed by atoms with Crippen molar-refractivity contribution in [1.82, 2.24) is 0 Å². The first-order valence-corrected chi connectivity index (χ1v) is 12.7. The number of halogens is 1. The summed E-state index contributed by atoms with van der Waals surface area (Å²) >= 11 is 6.39. The molecule has 6 rings (SSSR count). The van der Waals surface area contributed by atoms with Crippen LogP contribution in [-0.2, 0) is 20.7 Å². The third kappa shape index (κ3) is 3.49. The van der Waals surface area contributed by atoms with Crippen molar-refractivity contribution >= 4 is 46.5 Å². The number of morpholine rings is 1. The van der Waals surface area contributed by atoms with Crippen LogP contribution in [0.5, 0.6) is 0 Å². The topological polar surface area (TPSA) is 70.2 Å². The number of amides is 4. The van der Waals surface area contributed by atoms with Gasteiger partial charge in [-0.05, 0) is 62.2 Å². The smallest absolute Gasteiger partial charge is 0.342 e. The van der Waals surface area contributed by atoms with Crippen molar-refractivity contribution in [3.8, 4) is 0 Å². The van der Waals surface area contributed by atoms with Crippen LogP contribution < -0.4 is 14.7 Å². The summed E-state index contributed by atoms with van der Waals surface area (Å²) in [6.45, 7) is 4.34. The number of ether oxygens (including phenoxy) is 1. The zero-order chi connectivity index (χ0) is 25.9. The average molecular weight is 516 g/mol. The van der Waals surface area contributed by atoms with E-state index in [1.54, 1.807) is 54.6 Å². The van der Waals surface area contributed by atoms with Gasteiger partial charge in [0.05, 0.1) is 29.6 Å². The van der Waals surface area contributed by atoms with Gasteiger partial charge in [0.15, 0.2) is 5.41 Å². The maximum atomic E-state index is 14.6. The van der Waals surface area contributed by atoms with E-state index in [1.807, 2.05) is 38.1 Å². The van der Waals surface area contributed by atoms with E-state index in [0.717, 1.165) is 21.1 Å². The van der Waals surface area contributed by atoms with Crippen LogP contribution in [0.3, 0.4) is 0 Å². The van der Waals surface area contributed by atoms with E-state index in [4.69, 9.17) is 16.3 Å². The van der Waals surface area contributed by atoms with Gasteiger partial charge in [-0.25, -0.2) is 14.6 Å². The summed E-state index contributed by atoms with van der Waals surface area (Å²) in [5, 5.41) is 0.577. The summed E-state index contributed by atoms with van der Waals surface area (Å²) < 4.78 is 6.23. The molecular weight excluding hydrogens is 490 g/mol. The van der Waals surface area contributed by atoms with Gasteiger partial charge in [0.1, 0.15) is 0 Å². The van der Waals surface area contributed by atoms with E-state index in [2.05, 4.69) is 4.90 Å². The maximum absolute atomic E-state index is 14.6. The molecule has 1 spiro atoms. The Hall–Kier alpha value is -3.68. The number of hydrogen-bond donors (Lipinski definition) is 0. The molecule has 3 aromatic rings. The van der Waals surface area contributed by atoms with E-state index in [-0.39, 0.29) is 12.5 Å². The molecule has 0 unspecified atom stereocenters. The van der Waals surface area contributed by atoms with Gasteiger partial charge >= 0.3 is 6.03 Å². The van der Waals surface area contributed by atoms with Crippen molar-refractivity contribution in [2.75, 3.05) is 21.2 Å². The molecule has 2 saturated heterocycles. The van der Waals surface area contributed by atoms with Gasteiger partial charge in [0.25, 0.3) is 11.8 Å². The minimum Gasteiger partial charge on any atom is -0.372 e. The zero-order valence-corrected chi connectivity index (χ0v) is 21.3. The predicted molar refractivity (Wildman–Crippen MR) is 142 cm³/mol. The fraction of sp³-hybridized carbons (Fsp3) is 0.276. The lowest BCUT2D eigenvalue weighted by molar-refractivity contribution is -0.150. The highest BCUT2D eigenvalue weighted by molar-refractivity contribution is 6.39. The molecule has 188 valence electrons. The molecule has 0 aromatic heterocycles. The monoisotopic (exact) mass is 515 g/mol. The fourth-order valence-electron chi connectivity index (χ4n) is 6.18. The Labute approximate surface area is 220 Å². The molecule has 7 nitrogen and oxygen atoms in total. The number of anilines is 3. The van der Waals surface area contributed by atoms with Crippen LogP contribution >= 0.6 is 11.6 Å². The van der Waals surface area contributed by atoms with Crippen LogP contribution in [0.15, 0.2) is 78.9 Å². The van der Waals surface area contributed by atoms with Gasteiger partial charge in [0.2, 0.25) is 0 Å². The lowest BCUT2D eigenvalue weighted by Crippen LogP contribution is -2.76. The second-order valence-electron chi connectivity index (χ2n) is 9.90. The van der Waals surface area contributed by atoms with E-state index in [9.17, 15) is 14.4 Å². The first kappa shape index (κ1) is 23.7. The number of fused-ring (bicyclic) bond motifs is 4. The van der Waals surface area contributed by atoms with Gasteiger partial charge in [0, 0.05) is 17.3 Å². The summed E-state index contributed by atoms with van der Waals surface area (Å²) in [6.07, 6.45) is -0.466. The first-order valence-electron chi connectivity index (χ1n) is 12.4. The van der Waals surface area contributed by atoms with Crippen molar-refractivity contribution in [2.45, 2.75) is 38.5 Å². The van der Waals surface area contributed by atoms with Crippen molar-refractivity contribution in [3.05, 3.63) is 89.4 Å². The normalized spacial score (nSPS) is 24.8. The molecule has 0 aliphatic carbocycles. The van der Waals surface area contributed by atoms with Crippen LogP contribution in [-0.4, -0.2) is 42.6 Å². The molecule has 3 atom stereocenters. The highest BCUT2D eigenvalue weighted by atomic mass is 35.5. The van der Waals surface area contributed by atoms with E-state index in [1.165, 1.54) is 0 Å². The number of urea groups is 1. The molecule has 0 bridgehead atoms. The highest BCUT2D eigenvalue weighted by Crippen LogP contribution is 2.50. The Morgan fingerprint density at radius 1 is 0.838 bits per heavy atom. The van der Waals surface area contributed by atoms with E-state index >= 15 is 0 Å². The predicted octanol–water partition coefficient (Wildman–Crippen LogP) is 5.06. The van der Waals surface area contributed by atoms with E-state index in [0.29, 0.717) is 22.9 Å². The molecule has 3 heterocycles. The number of imide groups is 2. The zero-order valence-electron chi connectivity index (χ0n) is 20.5. The quantitative estimate of drug-likeness (QED) is 0.446. The summed E-state index contributed by atoms with van der Waals surface area (Å²) in [5.41, 5.74) is 0.951. The number of para-hydroxylation sites is 2. The summed E-state index contributed by atoms with van der Waals surface area (Å²) in [6, 6.07) is 21.7. The molecule has 0 radical (unpaired) electrons. The molecule has 2 fully saturated rings. The molecule has 3 aliphatic rings. The lowest BCUT2D eigenvalue weighted by Gasteiger charge is -2.57. The Kier molecular flexibility index (Phi) is 5.58. The molecule has 3 aromatic carbocycles. The highest BCUT2D eigenvalue weighted by Gasteiger charge is 2.67. The standard InChI is InChI=1S/C29H26ClN3O4/c1-18-17-31-24-15-21(30)14-13-20(24)16-29(25(31)19(2)37-18)26(34)32(22-9-5-3-6-10-22)28(36)33(27(29)35)23-11-7-4-8-12-23/h3-15,18-19,25H,16-17H2,1-2H3/t18-,19-,25+/m1/s1. The Balaban J connectivity index is 1.61. The van der Waals surface area contributed by atoms with Gasteiger partial charge < -0.3 is 9.64 Å². The van der Waals surface area contributed by atoms with Crippen molar-refractivity contribution in [2.24, 2.45) is 5.41 Å². The minimum atomic E-state index is -1.60. The molecule has 4 amide bonds. The number of carbonyl (C=O) groups is 3. The second kappa shape index (κ2) is 8.71. The lowest BCUT2D eigenvalue weighted by atomic mass is 9.65. The van der Waals surface area contributed by atoms with Crippen LogP contribution in [0.2, 0.25) is 5.02 Å². The second-order valence-corrected chi connectivity index (χ2v) is 10.3. The number of barbiturate groups is 1. The number of rotatable bonds is 2. The Morgan fingerprint density at radius 3 is 1.97 bits per heavy atom. The molecule has 0 saturated carbocycles. The van der Waals surface area contributed by atoms with Crippen LogP contribution in [0, 0.1) is 5.41 Å². The van der Waals surface area contributed by atoms with Crippen LogP contribution in [0.25, 0.3) is 0 Å². The Morgan fingerprint density at radius 2 is 1.41 bits per heavy atom. The molecule has 37 heavy (non-hydrogen) atoms. The van der Waals surface area contributed by atoms with Gasteiger partial charge in [-0.1, -0.05) is 54.1 Å². The minimum absolute atomic E-state index is 0.125. The summed E-state index contributed by atoms with van der Waals surface area (Å²) in [7, 11) is 0. The number of nitrogens with zero attached hydrogens (tertiary/aromatic N) is 3. The fourth-order valence-corrected chi connectivity index (χ4v) is 6.35. The molecule has 8 heteroatoms. The summed E-state index contributed by atoms with van der Waals surface area (Å²) in [4.78, 5) is 47.5. The summed E-state index contributed by atoms with van der Waals surface area (Å²) in [5.74, 6) is -1.08. The average Bonchev–Trinajstić information content (AvgIpc) is 2.89. The maximum Gasteiger partial charge on any atom is 0.342 e. The first-order chi connectivity index (χ1) is 17.8. The van der Waals surface area contributed by atoms with Crippen molar-refractivity contribution in [1.29, 1.82) is 0 Å². The molecule has 3 aliphatic heterocycles. The van der Waals surface area contributed by atoms with Gasteiger partial charge in [-0.3, -0.25) is 9.59 Å². The van der Waals surface area contributed by atoms with Crippen molar-refractivity contribution < 1.29 is 19.1 Å². The largest absolute Gasteiger partial charge is 0.372 e. The number of benzene rings is 3. The third-order valence-electron chi connectivity index (χ3n) is 7.59. The molecular formula is C29H26ClN3O4. The van der Waals surface area contributed by atoms with Gasteiger partial charge in [-0.15, -0.1) is 0 Å². The molecule has 0 N–H and O–H groups in total. The SMILES string of the molecule is C[C@@H]1CN2c3cc(Cl)ccc3CC3(C(=O)N(c4ccccc4)C(=O)N(c4ccccc4)C3=O)[C@@H]2[C@@H](C)O1. The Bertz CT molecular complexity index is 1340.